The van der Waals surface area contributed by atoms with E-state index in [-0.39, 0.29) is 5.91 Å². The molecular formula is C32H44N8O. The van der Waals surface area contributed by atoms with E-state index < -0.39 is 0 Å². The Morgan fingerprint density at radius 2 is 1.85 bits per heavy atom. The lowest BCUT2D eigenvalue weighted by Gasteiger charge is -2.28. The van der Waals surface area contributed by atoms with Crippen molar-refractivity contribution < 1.29 is 4.79 Å². The molecule has 2 aromatic rings. The van der Waals surface area contributed by atoms with Crippen LogP contribution in [0.1, 0.15) is 66.9 Å². The minimum atomic E-state index is -0.0636. The molecule has 0 saturated heterocycles. The van der Waals surface area contributed by atoms with Gasteiger partial charge in [0.2, 0.25) is 5.91 Å². The Hall–Kier alpha value is -4.71. The maximum atomic E-state index is 12.6. The van der Waals surface area contributed by atoms with Gasteiger partial charge in [-0.25, -0.2) is 15.0 Å². The molecule has 0 fully saturated rings. The summed E-state index contributed by atoms with van der Waals surface area (Å²) >= 11 is 0. The van der Waals surface area contributed by atoms with E-state index in [9.17, 15) is 4.79 Å². The molecule has 3 N–H and O–H groups in total. The van der Waals surface area contributed by atoms with Gasteiger partial charge in [0.15, 0.2) is 5.82 Å². The monoisotopic (exact) mass is 556 g/mol. The summed E-state index contributed by atoms with van der Waals surface area (Å²) in [6.07, 6.45) is 20.1. The topological polar surface area (TPSA) is 111 Å². The molecule has 9 heteroatoms. The summed E-state index contributed by atoms with van der Waals surface area (Å²) in [5, 5.41) is 11.6. The van der Waals surface area contributed by atoms with Gasteiger partial charge in [-0.15, -0.1) is 12.8 Å². The Balaban J connectivity index is 0.000000950. The second-order valence-electron chi connectivity index (χ2n) is 8.84. The molecule has 2 aliphatic rings. The smallest absolute Gasteiger partial charge is 0.249 e. The zero-order chi connectivity index (χ0) is 30.8. The van der Waals surface area contributed by atoms with E-state index in [1.807, 2.05) is 103 Å². The summed E-state index contributed by atoms with van der Waals surface area (Å²) in [4.78, 5) is 26.2. The fourth-order valence-corrected chi connectivity index (χ4v) is 3.59. The van der Waals surface area contributed by atoms with Crippen molar-refractivity contribution in [1.29, 1.82) is 0 Å². The van der Waals surface area contributed by atoms with Crippen LogP contribution in [0.2, 0.25) is 0 Å². The van der Waals surface area contributed by atoms with Crippen LogP contribution >= 0.6 is 0 Å². The quantitative estimate of drug-likeness (QED) is 0.286. The van der Waals surface area contributed by atoms with E-state index in [4.69, 9.17) is 4.99 Å². The number of carbonyl (C=O) groups excluding carboxylic acids is 1. The normalized spacial score (nSPS) is 15.2. The van der Waals surface area contributed by atoms with E-state index in [1.54, 1.807) is 6.34 Å². The molecule has 0 spiro atoms. The minimum absolute atomic E-state index is 0.0636. The first-order chi connectivity index (χ1) is 19.9. The number of rotatable bonds is 5. The SMILES string of the molecule is C#C.C/C=C(\C)CNC(=O)C1=CN2NC=NC(=Nc3cc(-c4ncn[nH]4)ccc3C)CC2=C(C)C1.C/C=C\C.CC. The van der Waals surface area contributed by atoms with Crippen LogP contribution in [0.5, 0.6) is 0 Å². The summed E-state index contributed by atoms with van der Waals surface area (Å²) in [6, 6.07) is 5.98. The molecule has 1 amide bonds. The Morgan fingerprint density at radius 1 is 1.15 bits per heavy atom. The average Bonchev–Trinajstić information content (AvgIpc) is 3.47. The molecule has 1 aromatic carbocycles. The highest BCUT2D eigenvalue weighted by Gasteiger charge is 2.24. The Kier molecular flexibility index (Phi) is 15.5. The lowest BCUT2D eigenvalue weighted by atomic mass is 9.99. The molecule has 9 nitrogen and oxygen atoms in total. The molecule has 0 unspecified atom stereocenters. The van der Waals surface area contributed by atoms with Crippen molar-refractivity contribution in [3.8, 4) is 24.2 Å². The summed E-state index contributed by atoms with van der Waals surface area (Å²) < 4.78 is 0. The maximum absolute atomic E-state index is 12.6. The van der Waals surface area contributed by atoms with Crippen molar-refractivity contribution in [3.05, 3.63) is 76.9 Å². The molecule has 218 valence electrons. The first-order valence-electron chi connectivity index (χ1n) is 13.7. The highest BCUT2D eigenvalue weighted by atomic mass is 16.1. The first-order valence-corrected chi connectivity index (χ1v) is 13.7. The number of hydrazine groups is 1. The Labute approximate surface area is 245 Å². The number of hydrogen-bond donors (Lipinski definition) is 3. The summed E-state index contributed by atoms with van der Waals surface area (Å²) in [5.74, 6) is 1.31. The first kappa shape index (κ1) is 34.3. The van der Waals surface area contributed by atoms with Crippen LogP contribution in [0.3, 0.4) is 0 Å². The predicted octanol–water partition coefficient (Wildman–Crippen LogP) is 6.55. The fourth-order valence-electron chi connectivity index (χ4n) is 3.59. The molecule has 0 radical (unpaired) electrons. The number of aromatic amines is 1. The van der Waals surface area contributed by atoms with E-state index in [2.05, 4.69) is 43.8 Å². The van der Waals surface area contributed by atoms with Gasteiger partial charge in [-0.3, -0.25) is 20.3 Å². The molecular weight excluding hydrogens is 512 g/mol. The zero-order valence-electron chi connectivity index (χ0n) is 25.6. The lowest BCUT2D eigenvalue weighted by Crippen LogP contribution is -2.36. The number of aryl methyl sites for hydroxylation is 1. The molecule has 41 heavy (non-hydrogen) atoms. The number of hydrogen-bond acceptors (Lipinski definition) is 6. The summed E-state index contributed by atoms with van der Waals surface area (Å²) in [6.45, 7) is 16.6. The van der Waals surface area contributed by atoms with Crippen LogP contribution in [0.15, 0.2) is 81.4 Å². The van der Waals surface area contributed by atoms with Gasteiger partial charge in [-0.05, 0) is 58.7 Å². The largest absolute Gasteiger partial charge is 0.349 e. The molecule has 0 bridgehead atoms. The van der Waals surface area contributed by atoms with Crippen LogP contribution < -0.4 is 10.7 Å². The van der Waals surface area contributed by atoms with E-state index in [0.29, 0.717) is 36.6 Å². The standard InChI is InChI=1S/C24H28N8O.C4H8.C2H6.C2H2/c1-5-15(2)11-25-24(33)19-8-17(4)21-10-22(26-14-29-32(21)12-19)30-20-9-18(7-6-16(20)3)23-27-13-28-31-23;1-3-4-2;2*1-2/h5-7,9,12-14H,8,10-11H2,1-4H3,(H,25,33)(H,26,29,30)(H,27,28,31);3-4H,1-2H3;1-2H3;1-2H/b15-5+;4-3-;;. The van der Waals surface area contributed by atoms with Crippen molar-refractivity contribution in [1.82, 2.24) is 30.9 Å². The molecule has 4 rings (SSSR count). The van der Waals surface area contributed by atoms with Crippen molar-refractivity contribution in [2.75, 3.05) is 6.54 Å². The predicted molar refractivity (Wildman–Crippen MR) is 171 cm³/mol. The third-order valence-corrected chi connectivity index (χ3v) is 6.05. The number of carbonyl (C=O) groups is 1. The van der Waals surface area contributed by atoms with Gasteiger partial charge in [0.1, 0.15) is 18.5 Å². The van der Waals surface area contributed by atoms with Crippen LogP contribution in [-0.2, 0) is 4.79 Å². The molecule has 0 atom stereocenters. The van der Waals surface area contributed by atoms with Crippen LogP contribution in [-0.4, -0.2) is 44.8 Å². The van der Waals surface area contributed by atoms with Crippen molar-refractivity contribution >= 4 is 23.8 Å². The Morgan fingerprint density at radius 3 is 2.46 bits per heavy atom. The van der Waals surface area contributed by atoms with E-state index in [1.165, 1.54) is 6.33 Å². The van der Waals surface area contributed by atoms with Gasteiger partial charge in [0.05, 0.1) is 12.1 Å². The van der Waals surface area contributed by atoms with Crippen molar-refractivity contribution in [2.24, 2.45) is 9.98 Å². The Bertz CT molecular complexity index is 1320. The van der Waals surface area contributed by atoms with Gasteiger partial charge in [0.25, 0.3) is 0 Å². The molecule has 0 aliphatic carbocycles. The zero-order valence-corrected chi connectivity index (χ0v) is 25.6. The number of terminal acetylenes is 1. The van der Waals surface area contributed by atoms with Crippen molar-refractivity contribution in [2.45, 2.75) is 68.2 Å². The lowest BCUT2D eigenvalue weighted by molar-refractivity contribution is -0.117. The number of fused-ring (bicyclic) bond motifs is 1. The fraction of sp³-hybridized carbons (Fsp3) is 0.344. The summed E-state index contributed by atoms with van der Waals surface area (Å²) in [5.41, 5.74) is 9.90. The number of H-pyrrole nitrogens is 1. The van der Waals surface area contributed by atoms with Crippen LogP contribution in [0.25, 0.3) is 11.4 Å². The molecule has 0 saturated carbocycles. The second-order valence-corrected chi connectivity index (χ2v) is 8.84. The van der Waals surface area contributed by atoms with Gasteiger partial charge >= 0.3 is 0 Å². The number of nitrogens with one attached hydrogen (secondary N) is 3. The van der Waals surface area contributed by atoms with E-state index >= 15 is 0 Å². The summed E-state index contributed by atoms with van der Waals surface area (Å²) in [7, 11) is 0. The van der Waals surface area contributed by atoms with Gasteiger partial charge in [-0.1, -0.05) is 49.8 Å². The van der Waals surface area contributed by atoms with Crippen molar-refractivity contribution in [3.63, 3.8) is 0 Å². The minimum Gasteiger partial charge on any atom is -0.349 e. The van der Waals surface area contributed by atoms with Gasteiger partial charge in [-0.2, -0.15) is 5.10 Å². The van der Waals surface area contributed by atoms with Crippen LogP contribution in [0.4, 0.5) is 5.69 Å². The molecule has 1 aromatic heterocycles. The third-order valence-electron chi connectivity index (χ3n) is 6.05. The molecule has 3 heterocycles. The number of amidine groups is 1. The number of allylic oxidation sites excluding steroid dienone is 4. The highest BCUT2D eigenvalue weighted by Crippen LogP contribution is 2.30. The number of benzene rings is 1. The van der Waals surface area contributed by atoms with E-state index in [0.717, 1.165) is 33.7 Å². The highest BCUT2D eigenvalue weighted by molar-refractivity contribution is 5.96. The maximum Gasteiger partial charge on any atom is 0.249 e. The van der Waals surface area contributed by atoms with Gasteiger partial charge in [0, 0.05) is 36.0 Å². The number of aromatic nitrogens is 3. The number of aliphatic imine (C=N–C) groups is 2. The number of nitrogens with zero attached hydrogens (tertiary/aromatic N) is 5. The molecule has 2 aliphatic heterocycles. The average molecular weight is 557 g/mol. The second kappa shape index (κ2) is 18.6. The van der Waals surface area contributed by atoms with Gasteiger partial charge < -0.3 is 5.32 Å². The number of amides is 1. The third kappa shape index (κ3) is 10.4. The van der Waals surface area contributed by atoms with Crippen LogP contribution in [0, 0.1) is 19.8 Å².